The average Bonchev–Trinajstić information content (AvgIpc) is 2.35. The number of carboxylic acid groups (broad SMARTS) is 1. The van der Waals surface area contributed by atoms with E-state index in [0.717, 1.165) is 0 Å². The Morgan fingerprint density at radius 1 is 1.83 bits per heavy atom. The fourth-order valence-electron chi connectivity index (χ4n) is 0.742. The molecule has 0 saturated heterocycles. The fraction of sp³-hybridized carbons (Fsp3) is 0.333. The van der Waals surface area contributed by atoms with Crippen molar-refractivity contribution in [3.05, 3.63) is 22.2 Å². The number of hydrogen-bond donors (Lipinski definition) is 3. The molecule has 0 aliphatic carbocycles. The molecule has 66 valence electrons. The van der Waals surface area contributed by atoms with Gasteiger partial charge in [0.15, 0.2) is 0 Å². The molecule has 0 amide bonds. The second kappa shape index (κ2) is 3.22. The van der Waals surface area contributed by atoms with Gasteiger partial charge < -0.3 is 15.4 Å². The Bertz CT molecular complexity index is 326. The first-order valence-electron chi connectivity index (χ1n) is 3.25. The quantitative estimate of drug-likeness (QED) is 0.537. The minimum Gasteiger partial charge on any atom is -0.480 e. The molecule has 0 aliphatic rings. The molecule has 1 heterocycles. The molecule has 6 nitrogen and oxygen atoms in total. The summed E-state index contributed by atoms with van der Waals surface area (Å²) in [4.78, 5) is 20.7. The van der Waals surface area contributed by atoms with Gasteiger partial charge in [-0.05, 0) is 0 Å². The second-order valence-corrected chi connectivity index (χ2v) is 2.34. The van der Waals surface area contributed by atoms with E-state index < -0.39 is 17.6 Å². The predicted molar refractivity (Wildman–Crippen MR) is 38.6 cm³/mol. The summed E-state index contributed by atoms with van der Waals surface area (Å²) in [6.07, 6.45) is 0.0566. The van der Waals surface area contributed by atoms with Crippen molar-refractivity contribution in [3.63, 3.8) is 0 Å². The Labute approximate surface area is 66.9 Å². The maximum Gasteiger partial charge on any atom is 0.357 e. The topological polar surface area (TPSA) is 109 Å². The van der Waals surface area contributed by atoms with Crippen molar-refractivity contribution in [2.75, 3.05) is 0 Å². The van der Waals surface area contributed by atoms with Crippen molar-refractivity contribution in [1.29, 1.82) is 0 Å². The van der Waals surface area contributed by atoms with Gasteiger partial charge >= 0.3 is 11.6 Å². The van der Waals surface area contributed by atoms with Crippen molar-refractivity contribution in [1.82, 2.24) is 5.16 Å². The Hall–Kier alpha value is -1.56. The number of rotatable bonds is 3. The van der Waals surface area contributed by atoms with Crippen LogP contribution in [0.5, 0.6) is 0 Å². The number of hydrogen-bond acceptors (Lipinski definition) is 4. The van der Waals surface area contributed by atoms with Gasteiger partial charge in [-0.3, -0.25) is 4.79 Å². The number of carbonyl (C=O) groups is 1. The van der Waals surface area contributed by atoms with E-state index in [0.29, 0.717) is 5.69 Å². The molecule has 0 unspecified atom stereocenters. The van der Waals surface area contributed by atoms with Gasteiger partial charge in [-0.1, -0.05) is 0 Å². The Morgan fingerprint density at radius 3 is 2.92 bits per heavy atom. The van der Waals surface area contributed by atoms with Crippen LogP contribution in [0.1, 0.15) is 5.69 Å². The minimum absolute atomic E-state index is 0.0566. The average molecular weight is 172 g/mol. The van der Waals surface area contributed by atoms with E-state index in [1.165, 1.54) is 6.07 Å². The zero-order chi connectivity index (χ0) is 9.14. The molecule has 1 aromatic heterocycles. The summed E-state index contributed by atoms with van der Waals surface area (Å²) in [6.45, 7) is 0. The third kappa shape index (κ3) is 1.96. The highest BCUT2D eigenvalue weighted by molar-refractivity contribution is 5.73. The van der Waals surface area contributed by atoms with Gasteiger partial charge in [-0.25, -0.2) is 9.95 Å². The molecule has 6 heteroatoms. The van der Waals surface area contributed by atoms with Crippen LogP contribution in [0.25, 0.3) is 0 Å². The molecule has 1 aromatic rings. The molecule has 0 aromatic carbocycles. The standard InChI is InChI=1S/C6H8N2O4/c7-4(6(10)11)1-3-2-5(9)12-8-3/h2,4,8H,1,7H2,(H,10,11)/t4-/m0/s1. The molecule has 0 fully saturated rings. The third-order valence-corrected chi connectivity index (χ3v) is 1.33. The summed E-state index contributed by atoms with van der Waals surface area (Å²) in [5.74, 6) is -1.11. The summed E-state index contributed by atoms with van der Waals surface area (Å²) < 4.78 is 4.32. The maximum absolute atomic E-state index is 10.5. The lowest BCUT2D eigenvalue weighted by Gasteiger charge is -2.01. The number of aromatic amines is 1. The van der Waals surface area contributed by atoms with Crippen molar-refractivity contribution in [2.45, 2.75) is 12.5 Å². The molecule has 1 atom stereocenters. The first-order valence-corrected chi connectivity index (χ1v) is 3.25. The van der Waals surface area contributed by atoms with Crippen LogP contribution in [-0.2, 0) is 11.2 Å². The van der Waals surface area contributed by atoms with Gasteiger partial charge in [-0.15, -0.1) is 0 Å². The van der Waals surface area contributed by atoms with E-state index in [1.54, 1.807) is 0 Å². The molecule has 1 rings (SSSR count). The molecular weight excluding hydrogens is 164 g/mol. The molecule has 0 aliphatic heterocycles. The van der Waals surface area contributed by atoms with E-state index in [-0.39, 0.29) is 6.42 Å². The van der Waals surface area contributed by atoms with Gasteiger partial charge in [-0.2, -0.15) is 0 Å². The Balaban J connectivity index is 2.64. The number of aromatic nitrogens is 1. The van der Waals surface area contributed by atoms with Crippen LogP contribution < -0.4 is 11.4 Å². The monoisotopic (exact) mass is 172 g/mol. The Kier molecular flexibility index (Phi) is 2.29. The number of nitrogens with two attached hydrogens (primary N) is 1. The molecule has 4 N–H and O–H groups in total. The van der Waals surface area contributed by atoms with Crippen LogP contribution in [0.2, 0.25) is 0 Å². The fourth-order valence-corrected chi connectivity index (χ4v) is 0.742. The zero-order valence-electron chi connectivity index (χ0n) is 6.11. The largest absolute Gasteiger partial charge is 0.480 e. The van der Waals surface area contributed by atoms with E-state index in [2.05, 4.69) is 9.68 Å². The zero-order valence-corrected chi connectivity index (χ0v) is 6.11. The van der Waals surface area contributed by atoms with E-state index in [9.17, 15) is 9.59 Å². The lowest BCUT2D eigenvalue weighted by molar-refractivity contribution is -0.138. The van der Waals surface area contributed by atoms with E-state index >= 15 is 0 Å². The highest BCUT2D eigenvalue weighted by Crippen LogP contribution is 1.94. The van der Waals surface area contributed by atoms with Gasteiger partial charge in [0.2, 0.25) is 0 Å². The third-order valence-electron chi connectivity index (χ3n) is 1.33. The number of aliphatic carboxylic acids is 1. The van der Waals surface area contributed by atoms with Crippen LogP contribution >= 0.6 is 0 Å². The van der Waals surface area contributed by atoms with Crippen LogP contribution in [0.4, 0.5) is 0 Å². The summed E-state index contributed by atoms with van der Waals surface area (Å²) in [6, 6.07) is 0.154. The minimum atomic E-state index is -1.11. The molecule has 12 heavy (non-hydrogen) atoms. The molecule has 0 spiro atoms. The highest BCUT2D eigenvalue weighted by atomic mass is 16.5. The second-order valence-electron chi connectivity index (χ2n) is 2.34. The van der Waals surface area contributed by atoms with E-state index in [4.69, 9.17) is 10.8 Å². The molecular formula is C6H8N2O4. The molecule has 0 saturated carbocycles. The lowest BCUT2D eigenvalue weighted by Crippen LogP contribution is -2.32. The van der Waals surface area contributed by atoms with Crippen molar-refractivity contribution < 1.29 is 14.4 Å². The summed E-state index contributed by atoms with van der Waals surface area (Å²) in [5, 5.41) is 10.7. The number of nitrogens with one attached hydrogen (secondary N) is 1. The van der Waals surface area contributed by atoms with E-state index in [1.807, 2.05) is 0 Å². The van der Waals surface area contributed by atoms with Crippen LogP contribution in [0.15, 0.2) is 15.4 Å². The van der Waals surface area contributed by atoms with Gasteiger partial charge in [0.05, 0.1) is 5.69 Å². The van der Waals surface area contributed by atoms with Crippen molar-refractivity contribution in [3.8, 4) is 0 Å². The molecule has 0 bridgehead atoms. The summed E-state index contributed by atoms with van der Waals surface area (Å²) in [7, 11) is 0. The van der Waals surface area contributed by atoms with Gasteiger partial charge in [0.25, 0.3) is 0 Å². The molecule has 0 radical (unpaired) electrons. The summed E-state index contributed by atoms with van der Waals surface area (Å²) in [5.41, 5.74) is 5.04. The smallest absolute Gasteiger partial charge is 0.357 e. The van der Waals surface area contributed by atoms with Crippen LogP contribution in [0, 0.1) is 0 Å². The summed E-state index contributed by atoms with van der Waals surface area (Å²) >= 11 is 0. The van der Waals surface area contributed by atoms with Crippen LogP contribution in [-0.4, -0.2) is 22.3 Å². The predicted octanol–water partition coefficient (Wildman–Crippen LogP) is -1.08. The number of carboxylic acids is 1. The SMILES string of the molecule is N[C@@H](Cc1cc(=O)o[nH]1)C(=O)O. The van der Waals surface area contributed by atoms with Crippen LogP contribution in [0.3, 0.4) is 0 Å². The first kappa shape index (κ1) is 8.54. The van der Waals surface area contributed by atoms with Gasteiger partial charge in [0, 0.05) is 12.5 Å². The first-order chi connectivity index (χ1) is 5.59. The van der Waals surface area contributed by atoms with Gasteiger partial charge in [0.1, 0.15) is 6.04 Å². The highest BCUT2D eigenvalue weighted by Gasteiger charge is 2.13. The van der Waals surface area contributed by atoms with Crippen molar-refractivity contribution >= 4 is 5.97 Å². The normalized spacial score (nSPS) is 12.8. The Morgan fingerprint density at radius 2 is 2.50 bits per heavy atom. The lowest BCUT2D eigenvalue weighted by atomic mass is 10.2. The number of H-pyrrole nitrogens is 1. The maximum atomic E-state index is 10.5. The van der Waals surface area contributed by atoms with Crippen molar-refractivity contribution in [2.24, 2.45) is 5.73 Å².